The Morgan fingerprint density at radius 1 is 0.857 bits per heavy atom. The van der Waals surface area contributed by atoms with Crippen molar-refractivity contribution >= 4 is 0 Å². The van der Waals surface area contributed by atoms with Crippen LogP contribution < -0.4 is 0 Å². The van der Waals surface area contributed by atoms with Crippen molar-refractivity contribution in [1.29, 1.82) is 10.5 Å². The van der Waals surface area contributed by atoms with E-state index in [0.29, 0.717) is 11.8 Å². The first kappa shape index (κ1) is 9.53. The van der Waals surface area contributed by atoms with Crippen LogP contribution >= 0.6 is 0 Å². The summed E-state index contributed by atoms with van der Waals surface area (Å²) in [5.41, 5.74) is -0.828. The van der Waals surface area contributed by atoms with Gasteiger partial charge in [0.25, 0.3) is 0 Å². The van der Waals surface area contributed by atoms with Crippen LogP contribution in [0.25, 0.3) is 0 Å². The van der Waals surface area contributed by atoms with Gasteiger partial charge in [-0.1, -0.05) is 0 Å². The van der Waals surface area contributed by atoms with E-state index in [1.807, 2.05) is 13.8 Å². The summed E-state index contributed by atoms with van der Waals surface area (Å²) in [5.74, 6) is 0.940. The van der Waals surface area contributed by atoms with Crippen LogP contribution in [0.3, 0.4) is 0 Å². The number of rotatable bonds is 3. The van der Waals surface area contributed by atoms with Gasteiger partial charge in [-0.25, -0.2) is 0 Å². The summed E-state index contributed by atoms with van der Waals surface area (Å²) in [6.07, 6.45) is 4.53. The van der Waals surface area contributed by atoms with Crippen LogP contribution in [0, 0.1) is 45.3 Å². The van der Waals surface area contributed by atoms with E-state index >= 15 is 0 Å². The zero-order valence-corrected chi connectivity index (χ0v) is 8.88. The average Bonchev–Trinajstić information content (AvgIpc) is 3.06. The molecule has 2 aliphatic rings. The SMILES string of the molecule is C[C@@](C#N)(C1CC1)[C@](C)(C#N)C1CC1. The van der Waals surface area contributed by atoms with Crippen molar-refractivity contribution in [1.82, 2.24) is 0 Å². The Morgan fingerprint density at radius 2 is 1.14 bits per heavy atom. The maximum Gasteiger partial charge on any atom is 0.0759 e. The fourth-order valence-electron chi connectivity index (χ4n) is 2.58. The Labute approximate surface area is 85.5 Å². The van der Waals surface area contributed by atoms with E-state index in [4.69, 9.17) is 0 Å². The molecule has 2 saturated carbocycles. The smallest absolute Gasteiger partial charge is 0.0759 e. The average molecular weight is 188 g/mol. The Kier molecular flexibility index (Phi) is 1.86. The molecule has 74 valence electrons. The van der Waals surface area contributed by atoms with Crippen molar-refractivity contribution < 1.29 is 0 Å². The van der Waals surface area contributed by atoms with Crippen LogP contribution in [0.4, 0.5) is 0 Å². The van der Waals surface area contributed by atoms with Crippen LogP contribution in [0.1, 0.15) is 39.5 Å². The molecule has 0 aromatic carbocycles. The molecule has 0 bridgehead atoms. The van der Waals surface area contributed by atoms with Gasteiger partial charge in [0, 0.05) is 0 Å². The molecule has 0 saturated heterocycles. The van der Waals surface area contributed by atoms with E-state index in [1.165, 1.54) is 0 Å². The minimum atomic E-state index is -0.414. The van der Waals surface area contributed by atoms with Gasteiger partial charge < -0.3 is 0 Å². The molecule has 0 aliphatic heterocycles. The molecule has 0 unspecified atom stereocenters. The van der Waals surface area contributed by atoms with Crippen molar-refractivity contribution in [2.24, 2.45) is 22.7 Å². The monoisotopic (exact) mass is 188 g/mol. The Balaban J connectivity index is 2.33. The molecule has 0 heterocycles. The highest BCUT2D eigenvalue weighted by Gasteiger charge is 2.60. The lowest BCUT2D eigenvalue weighted by Crippen LogP contribution is -2.39. The van der Waals surface area contributed by atoms with Gasteiger partial charge in [0.1, 0.15) is 0 Å². The molecule has 2 atom stereocenters. The highest BCUT2D eigenvalue weighted by molar-refractivity contribution is 5.23. The second-order valence-corrected chi connectivity index (χ2v) is 5.18. The van der Waals surface area contributed by atoms with Crippen molar-refractivity contribution in [3.8, 4) is 12.1 Å². The summed E-state index contributed by atoms with van der Waals surface area (Å²) in [6, 6.07) is 4.86. The van der Waals surface area contributed by atoms with Gasteiger partial charge in [-0.3, -0.25) is 0 Å². The van der Waals surface area contributed by atoms with Crippen LogP contribution in [-0.4, -0.2) is 0 Å². The predicted octanol–water partition coefficient (Wildman–Crippen LogP) is 2.87. The van der Waals surface area contributed by atoms with Gasteiger partial charge in [0.15, 0.2) is 0 Å². The second kappa shape index (κ2) is 2.74. The normalized spacial score (nSPS) is 29.4. The lowest BCUT2D eigenvalue weighted by molar-refractivity contribution is 0.140. The summed E-state index contributed by atoms with van der Waals surface area (Å²) in [7, 11) is 0. The van der Waals surface area contributed by atoms with E-state index in [9.17, 15) is 10.5 Å². The maximum absolute atomic E-state index is 9.34. The van der Waals surface area contributed by atoms with Crippen LogP contribution in [-0.2, 0) is 0 Å². The predicted molar refractivity (Wildman–Crippen MR) is 52.9 cm³/mol. The van der Waals surface area contributed by atoms with E-state index in [2.05, 4.69) is 12.1 Å². The molecule has 0 spiro atoms. The topological polar surface area (TPSA) is 47.6 Å². The molecule has 14 heavy (non-hydrogen) atoms. The highest BCUT2D eigenvalue weighted by atomic mass is 14.6. The fraction of sp³-hybridized carbons (Fsp3) is 0.833. The minimum absolute atomic E-state index is 0.414. The summed E-state index contributed by atoms with van der Waals surface area (Å²) < 4.78 is 0. The third-order valence-corrected chi connectivity index (χ3v) is 4.33. The zero-order chi connectivity index (χ0) is 10.4. The minimum Gasteiger partial charge on any atom is -0.198 e. The molecular weight excluding hydrogens is 172 g/mol. The standard InChI is InChI=1S/C12H16N2/c1-11(7-13,9-3-4-9)12(2,8-14)10-5-6-10/h9-10H,3-6H2,1-2H3/t11-,12-/m1/s1. The highest BCUT2D eigenvalue weighted by Crippen LogP contribution is 2.62. The van der Waals surface area contributed by atoms with Crippen LogP contribution in [0.15, 0.2) is 0 Å². The number of nitrogens with zero attached hydrogens (tertiary/aromatic N) is 2. The maximum atomic E-state index is 9.34. The first-order valence-corrected chi connectivity index (χ1v) is 5.41. The Hall–Kier alpha value is -1.02. The lowest BCUT2D eigenvalue weighted by Gasteiger charge is -2.37. The molecule has 0 amide bonds. The van der Waals surface area contributed by atoms with E-state index in [0.717, 1.165) is 25.7 Å². The number of hydrogen-bond donors (Lipinski definition) is 0. The van der Waals surface area contributed by atoms with Crippen molar-refractivity contribution in [3.63, 3.8) is 0 Å². The summed E-state index contributed by atoms with van der Waals surface area (Å²) in [5, 5.41) is 18.7. The van der Waals surface area contributed by atoms with E-state index in [1.54, 1.807) is 0 Å². The number of nitriles is 2. The third kappa shape index (κ3) is 1.07. The van der Waals surface area contributed by atoms with Gasteiger partial charge in [-0.15, -0.1) is 0 Å². The molecular formula is C12H16N2. The first-order valence-electron chi connectivity index (χ1n) is 5.41. The molecule has 2 heteroatoms. The Morgan fingerprint density at radius 3 is 1.29 bits per heavy atom. The van der Waals surface area contributed by atoms with Crippen LogP contribution in [0.2, 0.25) is 0 Å². The van der Waals surface area contributed by atoms with Gasteiger partial charge in [-0.2, -0.15) is 10.5 Å². The van der Waals surface area contributed by atoms with E-state index in [-0.39, 0.29) is 0 Å². The van der Waals surface area contributed by atoms with Crippen LogP contribution in [0.5, 0.6) is 0 Å². The molecule has 2 rings (SSSR count). The molecule has 2 fully saturated rings. The van der Waals surface area contributed by atoms with Crippen molar-refractivity contribution in [2.75, 3.05) is 0 Å². The van der Waals surface area contributed by atoms with Crippen molar-refractivity contribution in [2.45, 2.75) is 39.5 Å². The second-order valence-electron chi connectivity index (χ2n) is 5.18. The largest absolute Gasteiger partial charge is 0.198 e. The van der Waals surface area contributed by atoms with Gasteiger partial charge in [-0.05, 0) is 51.4 Å². The third-order valence-electron chi connectivity index (χ3n) is 4.33. The molecule has 0 aromatic rings. The summed E-state index contributed by atoms with van der Waals surface area (Å²) in [4.78, 5) is 0. The molecule has 2 nitrogen and oxygen atoms in total. The summed E-state index contributed by atoms with van der Waals surface area (Å²) in [6.45, 7) is 3.98. The number of hydrogen-bond acceptors (Lipinski definition) is 2. The molecule has 0 aromatic heterocycles. The first-order chi connectivity index (χ1) is 6.58. The summed E-state index contributed by atoms with van der Waals surface area (Å²) >= 11 is 0. The molecule has 2 aliphatic carbocycles. The van der Waals surface area contributed by atoms with Gasteiger partial charge in [0.2, 0.25) is 0 Å². The molecule has 0 radical (unpaired) electrons. The lowest BCUT2D eigenvalue weighted by atomic mass is 9.61. The zero-order valence-electron chi connectivity index (χ0n) is 8.88. The van der Waals surface area contributed by atoms with Crippen molar-refractivity contribution in [3.05, 3.63) is 0 Å². The van der Waals surface area contributed by atoms with Gasteiger partial charge in [0.05, 0.1) is 23.0 Å². The fourth-order valence-corrected chi connectivity index (χ4v) is 2.58. The quantitative estimate of drug-likeness (QED) is 0.683. The Bertz CT molecular complexity index is 293. The van der Waals surface area contributed by atoms with Gasteiger partial charge >= 0.3 is 0 Å². The molecule has 0 N–H and O–H groups in total. The van der Waals surface area contributed by atoms with E-state index < -0.39 is 10.8 Å².